The van der Waals surface area contributed by atoms with Crippen LogP contribution < -0.4 is 10.2 Å². The van der Waals surface area contributed by atoms with Crippen LogP contribution in [-0.2, 0) is 9.59 Å². The molecular weight excluding hydrogens is 303 g/mol. The molecule has 120 valence electrons. The van der Waals surface area contributed by atoms with Gasteiger partial charge in [-0.2, -0.15) is 0 Å². The van der Waals surface area contributed by atoms with Gasteiger partial charge in [-0.05, 0) is 43.2 Å². The maximum atomic E-state index is 13.3. The van der Waals surface area contributed by atoms with Crippen LogP contribution in [0.2, 0.25) is 0 Å². The maximum Gasteiger partial charge on any atom is 0.240 e. The molecule has 0 aromatic heterocycles. The number of hydrogen-bond donors (Lipinski definition) is 1. The Balaban J connectivity index is 1.86. The number of benzene rings is 1. The second-order valence-corrected chi connectivity index (χ2v) is 6.62. The van der Waals surface area contributed by atoms with Crippen molar-refractivity contribution in [1.82, 2.24) is 5.32 Å². The molecule has 2 rings (SSSR count). The first kappa shape index (κ1) is 16.8. The van der Waals surface area contributed by atoms with Gasteiger partial charge in [-0.25, -0.2) is 4.39 Å². The zero-order chi connectivity index (χ0) is 15.9. The zero-order valence-electron chi connectivity index (χ0n) is 12.7. The van der Waals surface area contributed by atoms with E-state index < -0.39 is 0 Å². The highest BCUT2D eigenvalue weighted by atomic mass is 32.2. The van der Waals surface area contributed by atoms with Crippen molar-refractivity contribution >= 4 is 29.3 Å². The van der Waals surface area contributed by atoms with Gasteiger partial charge in [0.15, 0.2) is 0 Å². The molecule has 4 nitrogen and oxygen atoms in total. The van der Waals surface area contributed by atoms with Crippen molar-refractivity contribution in [3.63, 3.8) is 0 Å². The monoisotopic (exact) mass is 324 g/mol. The number of carbonyl (C=O) groups is 2. The minimum atomic E-state index is -0.324. The summed E-state index contributed by atoms with van der Waals surface area (Å²) in [5.41, 5.74) is 0.633. The first-order chi connectivity index (χ1) is 10.6. The van der Waals surface area contributed by atoms with Gasteiger partial charge in [0, 0.05) is 25.7 Å². The Morgan fingerprint density at radius 2 is 2.32 bits per heavy atom. The molecule has 22 heavy (non-hydrogen) atoms. The predicted octanol–water partition coefficient (Wildman–Crippen LogP) is 2.58. The van der Waals surface area contributed by atoms with E-state index in [-0.39, 0.29) is 22.9 Å². The van der Waals surface area contributed by atoms with E-state index in [4.69, 9.17) is 0 Å². The Kier molecular flexibility index (Phi) is 6.24. The molecule has 0 aliphatic carbocycles. The van der Waals surface area contributed by atoms with Crippen molar-refractivity contribution in [3.8, 4) is 0 Å². The number of hydrogen-bond acceptors (Lipinski definition) is 3. The number of nitrogens with zero attached hydrogens (tertiary/aromatic N) is 1. The number of carbonyl (C=O) groups excluding carboxylic acids is 2. The molecule has 0 saturated carbocycles. The Morgan fingerprint density at radius 3 is 3.05 bits per heavy atom. The molecule has 1 aliphatic rings. The summed E-state index contributed by atoms with van der Waals surface area (Å²) in [5.74, 6) is 0.529. The van der Waals surface area contributed by atoms with E-state index in [0.717, 1.165) is 25.0 Å². The Labute approximate surface area is 134 Å². The van der Waals surface area contributed by atoms with E-state index in [1.54, 1.807) is 28.8 Å². The van der Waals surface area contributed by atoms with Gasteiger partial charge in [0.2, 0.25) is 11.8 Å². The molecule has 0 unspecified atom stereocenters. The number of anilines is 1. The molecule has 0 radical (unpaired) electrons. The lowest BCUT2D eigenvalue weighted by molar-refractivity contribution is -0.119. The maximum absolute atomic E-state index is 13.3. The van der Waals surface area contributed by atoms with Crippen LogP contribution in [0, 0.1) is 5.82 Å². The average Bonchev–Trinajstić information content (AvgIpc) is 2.48. The lowest BCUT2D eigenvalue weighted by Crippen LogP contribution is -2.43. The molecule has 1 aliphatic heterocycles. The van der Waals surface area contributed by atoms with Gasteiger partial charge < -0.3 is 10.2 Å². The Hall–Kier alpha value is -1.56. The number of amides is 2. The molecular formula is C16H21FN2O2S. The number of nitrogens with one attached hydrogen (secondary N) is 1. The summed E-state index contributed by atoms with van der Waals surface area (Å²) in [7, 11) is 0. The SMILES string of the molecule is CC(=O)NCCCS[C@H]1CCCN(c2cccc(F)c2)C1=O. The summed E-state index contributed by atoms with van der Waals surface area (Å²) >= 11 is 1.62. The first-order valence-electron chi connectivity index (χ1n) is 7.51. The topological polar surface area (TPSA) is 49.4 Å². The fraction of sp³-hybridized carbons (Fsp3) is 0.500. The van der Waals surface area contributed by atoms with E-state index >= 15 is 0 Å². The van der Waals surface area contributed by atoms with Gasteiger partial charge >= 0.3 is 0 Å². The van der Waals surface area contributed by atoms with Gasteiger partial charge in [-0.15, -0.1) is 11.8 Å². The summed E-state index contributed by atoms with van der Waals surface area (Å²) in [6.45, 7) is 2.77. The van der Waals surface area contributed by atoms with Gasteiger partial charge in [0.05, 0.1) is 5.25 Å². The second-order valence-electron chi connectivity index (χ2n) is 5.31. The van der Waals surface area contributed by atoms with Crippen molar-refractivity contribution in [2.45, 2.75) is 31.4 Å². The van der Waals surface area contributed by atoms with Gasteiger partial charge in [-0.3, -0.25) is 9.59 Å². The van der Waals surface area contributed by atoms with Gasteiger partial charge in [0.25, 0.3) is 0 Å². The van der Waals surface area contributed by atoms with Crippen LogP contribution in [0.5, 0.6) is 0 Å². The summed E-state index contributed by atoms with van der Waals surface area (Å²) in [5, 5.41) is 2.67. The van der Waals surface area contributed by atoms with E-state index in [9.17, 15) is 14.0 Å². The molecule has 2 amide bonds. The smallest absolute Gasteiger partial charge is 0.240 e. The minimum absolute atomic E-state index is 0.0315. The number of thioether (sulfide) groups is 1. The van der Waals surface area contributed by atoms with Crippen LogP contribution >= 0.6 is 11.8 Å². The summed E-state index contributed by atoms with van der Waals surface area (Å²) in [6, 6.07) is 6.18. The lowest BCUT2D eigenvalue weighted by atomic mass is 10.1. The third-order valence-electron chi connectivity index (χ3n) is 3.52. The summed E-state index contributed by atoms with van der Waals surface area (Å²) in [6.07, 6.45) is 2.62. The Bertz CT molecular complexity index is 539. The molecule has 1 fully saturated rings. The highest BCUT2D eigenvalue weighted by Gasteiger charge is 2.29. The van der Waals surface area contributed by atoms with E-state index in [1.807, 2.05) is 0 Å². The van der Waals surface area contributed by atoms with E-state index in [1.165, 1.54) is 19.1 Å². The number of halogens is 1. The van der Waals surface area contributed by atoms with Crippen molar-refractivity contribution in [2.24, 2.45) is 0 Å². The molecule has 1 heterocycles. The molecule has 1 N–H and O–H groups in total. The summed E-state index contributed by atoms with van der Waals surface area (Å²) < 4.78 is 13.3. The standard InChI is InChI=1S/C16H21FN2O2S/c1-12(20)18-8-4-10-22-15-7-3-9-19(16(15)21)14-6-2-5-13(17)11-14/h2,5-6,11,15H,3-4,7-10H2,1H3,(H,18,20)/t15-/m0/s1. The summed E-state index contributed by atoms with van der Waals surface area (Å²) in [4.78, 5) is 25.0. The second kappa shape index (κ2) is 8.17. The molecule has 1 aromatic rings. The average molecular weight is 324 g/mol. The largest absolute Gasteiger partial charge is 0.356 e. The Morgan fingerprint density at radius 1 is 1.50 bits per heavy atom. The number of piperidine rings is 1. The third kappa shape index (κ3) is 4.73. The minimum Gasteiger partial charge on any atom is -0.356 e. The van der Waals surface area contributed by atoms with Crippen LogP contribution in [0.3, 0.4) is 0 Å². The molecule has 0 spiro atoms. The molecule has 1 aromatic carbocycles. The molecule has 1 saturated heterocycles. The van der Waals surface area contributed by atoms with E-state index in [0.29, 0.717) is 18.8 Å². The van der Waals surface area contributed by atoms with Crippen LogP contribution in [-0.4, -0.2) is 35.9 Å². The van der Waals surface area contributed by atoms with Crippen LogP contribution in [0.1, 0.15) is 26.2 Å². The van der Waals surface area contributed by atoms with Crippen molar-refractivity contribution in [1.29, 1.82) is 0 Å². The quantitative estimate of drug-likeness (QED) is 0.818. The molecule has 0 bridgehead atoms. The predicted molar refractivity (Wildman–Crippen MR) is 87.5 cm³/mol. The lowest BCUT2D eigenvalue weighted by Gasteiger charge is -2.32. The molecule has 6 heteroatoms. The van der Waals surface area contributed by atoms with Crippen molar-refractivity contribution in [3.05, 3.63) is 30.1 Å². The fourth-order valence-electron chi connectivity index (χ4n) is 2.46. The van der Waals surface area contributed by atoms with Crippen LogP contribution in [0.15, 0.2) is 24.3 Å². The molecule has 1 atom stereocenters. The van der Waals surface area contributed by atoms with Gasteiger partial charge in [0.1, 0.15) is 5.82 Å². The highest BCUT2D eigenvalue weighted by Crippen LogP contribution is 2.28. The normalized spacial score (nSPS) is 18.4. The first-order valence-corrected chi connectivity index (χ1v) is 8.56. The van der Waals surface area contributed by atoms with Crippen molar-refractivity contribution < 1.29 is 14.0 Å². The zero-order valence-corrected chi connectivity index (χ0v) is 13.5. The van der Waals surface area contributed by atoms with E-state index in [2.05, 4.69) is 5.32 Å². The highest BCUT2D eigenvalue weighted by molar-refractivity contribution is 8.00. The van der Waals surface area contributed by atoms with Crippen LogP contribution in [0.4, 0.5) is 10.1 Å². The third-order valence-corrected chi connectivity index (χ3v) is 4.89. The van der Waals surface area contributed by atoms with Gasteiger partial charge in [-0.1, -0.05) is 6.07 Å². The van der Waals surface area contributed by atoms with Crippen molar-refractivity contribution in [2.75, 3.05) is 23.7 Å². The van der Waals surface area contributed by atoms with Crippen LogP contribution in [0.25, 0.3) is 0 Å². The fourth-order valence-corrected chi connectivity index (χ4v) is 3.66. The number of rotatable bonds is 6.